The first kappa shape index (κ1) is 52.6. The van der Waals surface area contributed by atoms with Crippen LogP contribution in [-0.2, 0) is 19.2 Å². The molecule has 0 aromatic heterocycles. The number of carbonyl (C=O) groups excluding carboxylic acids is 2. The Labute approximate surface area is 440 Å². The Morgan fingerprint density at radius 1 is 0.535 bits per heavy atom. The molecule has 0 saturated carbocycles. The number of hydrogen-bond donors (Lipinski definition) is 2. The van der Waals surface area contributed by atoms with Crippen molar-refractivity contribution in [3.8, 4) is 22.3 Å². The van der Waals surface area contributed by atoms with Gasteiger partial charge in [-0.3, -0.25) is 19.2 Å². The molecule has 0 atom stereocenters. The van der Waals surface area contributed by atoms with Gasteiger partial charge in [-0.15, -0.1) is 0 Å². The van der Waals surface area contributed by atoms with Gasteiger partial charge in [0.05, 0.1) is 31.9 Å². The molecule has 376 valence electrons. The van der Waals surface area contributed by atoms with E-state index in [0.29, 0.717) is 99.0 Å². The third kappa shape index (κ3) is 12.4. The number of nitrogens with zero attached hydrogens (tertiary/aromatic N) is 6. The Kier molecular flexibility index (Phi) is 17.7. The third-order valence-corrected chi connectivity index (χ3v) is 17.5. The van der Waals surface area contributed by atoms with Crippen LogP contribution in [0.2, 0.25) is 20.1 Å². The first-order valence-electron chi connectivity index (χ1n) is 24.5. The van der Waals surface area contributed by atoms with Gasteiger partial charge >= 0.3 is 11.9 Å². The van der Waals surface area contributed by atoms with Crippen LogP contribution in [0.3, 0.4) is 0 Å². The van der Waals surface area contributed by atoms with E-state index in [9.17, 15) is 29.4 Å². The van der Waals surface area contributed by atoms with Crippen LogP contribution < -0.4 is 9.80 Å². The lowest BCUT2D eigenvalue weighted by Crippen LogP contribution is -2.48. The number of halogens is 4. The average Bonchev–Trinajstić information content (AvgIpc) is 3.40. The second kappa shape index (κ2) is 23.9. The fourth-order valence-corrected chi connectivity index (χ4v) is 12.1. The van der Waals surface area contributed by atoms with Gasteiger partial charge in [-0.05, 0) is 110 Å². The summed E-state index contributed by atoms with van der Waals surface area (Å²) in [5, 5.41) is 20.3. The minimum atomic E-state index is -0.771. The second-order valence-electron chi connectivity index (χ2n) is 18.5. The van der Waals surface area contributed by atoms with Crippen LogP contribution in [0.15, 0.2) is 82.6 Å². The molecule has 0 spiro atoms. The van der Waals surface area contributed by atoms with E-state index in [1.165, 1.54) is 11.8 Å². The van der Waals surface area contributed by atoms with Crippen LogP contribution in [0.5, 0.6) is 0 Å². The van der Waals surface area contributed by atoms with Crippen LogP contribution in [0.4, 0.5) is 11.4 Å². The molecule has 17 heteroatoms. The van der Waals surface area contributed by atoms with Crippen molar-refractivity contribution in [2.75, 3.05) is 101 Å². The normalized spacial score (nSPS) is 18.0. The zero-order valence-corrected chi connectivity index (χ0v) is 43.9. The summed E-state index contributed by atoms with van der Waals surface area (Å²) in [6, 6.07) is 19.9. The van der Waals surface area contributed by atoms with Gasteiger partial charge in [0, 0.05) is 123 Å². The molecule has 71 heavy (non-hydrogen) atoms. The van der Waals surface area contributed by atoms with E-state index in [1.807, 2.05) is 58.3 Å². The molecule has 8 rings (SSSR count). The highest BCUT2D eigenvalue weighted by Gasteiger charge is 2.28. The van der Waals surface area contributed by atoms with Gasteiger partial charge in [0.25, 0.3) is 0 Å². The first-order valence-corrected chi connectivity index (χ1v) is 26.8. The van der Waals surface area contributed by atoms with Crippen molar-refractivity contribution in [3.05, 3.63) is 104 Å². The SMILES string of the molecule is CCN1CCN(C(=O)/C=C/c2c(-c3cccc(N4CCC(C(=O)O)CC4)c3)cc(Sc3cc(-c4cccc(N5CCC(C(=O)O)CC5)c4)c(/C=C/C(=O)N4CCN(CC)CC4)c(Cl)c3Cl)c(Cl)c2Cl)CC1. The van der Waals surface area contributed by atoms with Crippen LogP contribution >= 0.6 is 58.2 Å². The molecular weight excluding hydrogens is 1000 g/mol. The summed E-state index contributed by atoms with van der Waals surface area (Å²) in [6.07, 6.45) is 8.75. The molecule has 0 aliphatic carbocycles. The Morgan fingerprint density at radius 3 is 1.24 bits per heavy atom. The van der Waals surface area contributed by atoms with Crippen molar-refractivity contribution in [2.24, 2.45) is 11.8 Å². The molecule has 4 aromatic carbocycles. The number of amides is 2. The van der Waals surface area contributed by atoms with Crippen LogP contribution in [0, 0.1) is 11.8 Å². The lowest BCUT2D eigenvalue weighted by molar-refractivity contribution is -0.143. The number of rotatable bonds is 14. The molecule has 4 aromatic rings. The van der Waals surface area contributed by atoms with E-state index in [4.69, 9.17) is 46.4 Å². The average molecular weight is 1060 g/mol. The molecule has 4 aliphatic rings. The fourth-order valence-electron chi connectivity index (χ4n) is 9.90. The van der Waals surface area contributed by atoms with Crippen molar-refractivity contribution >= 4 is 105 Å². The maximum atomic E-state index is 13.6. The Bertz CT molecular complexity index is 2510. The molecule has 0 bridgehead atoms. The maximum absolute atomic E-state index is 13.6. The van der Waals surface area contributed by atoms with Crippen LogP contribution in [0.25, 0.3) is 34.4 Å². The summed E-state index contributed by atoms with van der Waals surface area (Å²) >= 11 is 30.5. The van der Waals surface area contributed by atoms with Gasteiger partial charge in [-0.1, -0.05) is 96.3 Å². The zero-order chi connectivity index (χ0) is 50.3. The number of aliphatic carboxylic acids is 2. The monoisotopic (exact) mass is 1060 g/mol. The number of piperidine rings is 2. The predicted octanol–water partition coefficient (Wildman–Crippen LogP) is 10.7. The van der Waals surface area contributed by atoms with Gasteiger partial charge in [0.15, 0.2) is 0 Å². The van der Waals surface area contributed by atoms with E-state index < -0.39 is 11.9 Å². The highest BCUT2D eigenvalue weighted by atomic mass is 35.5. The van der Waals surface area contributed by atoms with E-state index in [2.05, 4.69) is 45.6 Å². The first-order chi connectivity index (χ1) is 34.2. The van der Waals surface area contributed by atoms with Crippen molar-refractivity contribution in [2.45, 2.75) is 49.3 Å². The fraction of sp³-hybridized carbons (Fsp3) is 0.407. The Balaban J connectivity index is 1.18. The lowest BCUT2D eigenvalue weighted by Gasteiger charge is -2.33. The predicted molar refractivity (Wildman–Crippen MR) is 289 cm³/mol. The highest BCUT2D eigenvalue weighted by Crippen LogP contribution is 2.49. The molecule has 4 fully saturated rings. The molecule has 2 amide bonds. The van der Waals surface area contributed by atoms with Crippen LogP contribution in [-0.4, -0.2) is 145 Å². The zero-order valence-electron chi connectivity index (χ0n) is 40.1. The third-order valence-electron chi connectivity index (χ3n) is 14.4. The van der Waals surface area contributed by atoms with Crippen molar-refractivity contribution in [1.82, 2.24) is 19.6 Å². The number of benzene rings is 4. The number of carboxylic acid groups (broad SMARTS) is 2. The standard InChI is InChI=1S/C54H60Cl4N6O6S/c1-3-59-23-27-63(28-24-59)47(65)13-11-41-43(37-7-5-9-39(31-37)61-19-15-35(16-20-61)53(67)68)33-45(51(57)49(41)55)71-46-34-44(38-8-6-10-40(32-38)62-21-17-36(18-22-62)54(69)70)42(50(56)52(46)58)12-14-48(66)64-29-25-60(4-2)26-30-64/h5-14,31-36H,3-4,15-30H2,1-2H3,(H,67,68)(H,69,70)/b13-11+,14-12+. The summed E-state index contributed by atoms with van der Waals surface area (Å²) in [5.41, 5.74) is 6.10. The summed E-state index contributed by atoms with van der Waals surface area (Å²) in [5.74, 6) is -2.54. The molecule has 4 aliphatic heterocycles. The summed E-state index contributed by atoms with van der Waals surface area (Å²) in [4.78, 5) is 64.7. The summed E-state index contributed by atoms with van der Waals surface area (Å²) < 4.78 is 0. The van der Waals surface area contributed by atoms with E-state index in [1.54, 1.807) is 24.3 Å². The van der Waals surface area contributed by atoms with Crippen LogP contribution in [0.1, 0.15) is 50.7 Å². The molecule has 4 saturated heterocycles. The van der Waals surface area contributed by atoms with Gasteiger partial charge < -0.3 is 39.6 Å². The number of piperazine rings is 2. The van der Waals surface area contributed by atoms with Gasteiger partial charge in [0.1, 0.15) is 0 Å². The van der Waals surface area contributed by atoms with Crippen molar-refractivity contribution < 1.29 is 29.4 Å². The number of carbonyl (C=O) groups is 4. The molecule has 2 N–H and O–H groups in total. The quantitative estimate of drug-likeness (QED) is 0.117. The van der Waals surface area contributed by atoms with E-state index >= 15 is 0 Å². The Hall–Kier alpha value is -4.73. The van der Waals surface area contributed by atoms with E-state index in [0.717, 1.165) is 72.9 Å². The number of likely N-dealkylation sites (N-methyl/N-ethyl adjacent to an activating group) is 2. The summed E-state index contributed by atoms with van der Waals surface area (Å²) in [7, 11) is 0. The number of hydrogen-bond acceptors (Lipinski definition) is 9. The topological polar surface area (TPSA) is 128 Å². The number of anilines is 2. The van der Waals surface area contributed by atoms with Crippen molar-refractivity contribution in [1.29, 1.82) is 0 Å². The number of carboxylic acids is 2. The van der Waals surface area contributed by atoms with E-state index in [-0.39, 0.29) is 43.7 Å². The Morgan fingerprint density at radius 2 is 0.901 bits per heavy atom. The minimum Gasteiger partial charge on any atom is -0.481 e. The molecule has 4 heterocycles. The van der Waals surface area contributed by atoms with Crippen molar-refractivity contribution in [3.63, 3.8) is 0 Å². The van der Waals surface area contributed by atoms with Gasteiger partial charge in [-0.2, -0.15) is 0 Å². The smallest absolute Gasteiger partial charge is 0.306 e. The largest absolute Gasteiger partial charge is 0.481 e. The lowest BCUT2D eigenvalue weighted by atomic mass is 9.95. The minimum absolute atomic E-state index is 0.120. The maximum Gasteiger partial charge on any atom is 0.306 e. The molecule has 0 radical (unpaired) electrons. The summed E-state index contributed by atoms with van der Waals surface area (Å²) in [6.45, 7) is 14.2. The highest BCUT2D eigenvalue weighted by molar-refractivity contribution is 7.99. The molecule has 12 nitrogen and oxygen atoms in total. The molecular formula is C54H60Cl4N6O6S. The molecule has 0 unspecified atom stereocenters. The second-order valence-corrected chi connectivity index (χ2v) is 21.1. The van der Waals surface area contributed by atoms with Gasteiger partial charge in [0.2, 0.25) is 11.8 Å². The van der Waals surface area contributed by atoms with Gasteiger partial charge in [-0.25, -0.2) is 0 Å².